The van der Waals surface area contributed by atoms with E-state index in [4.69, 9.17) is 33.3 Å². The van der Waals surface area contributed by atoms with E-state index in [1.54, 1.807) is 0 Å². The Hall–Kier alpha value is -5.15. The summed E-state index contributed by atoms with van der Waals surface area (Å²) < 4.78 is 26.7. The van der Waals surface area contributed by atoms with Crippen LogP contribution >= 0.6 is 8.60 Å². The molecule has 0 aromatic heterocycles. The van der Waals surface area contributed by atoms with Crippen LogP contribution in [0.2, 0.25) is 0 Å². The molecule has 0 fully saturated rings. The molecule has 0 aliphatic carbocycles. The first-order valence-corrected chi connectivity index (χ1v) is 35.7. The maximum absolute atomic E-state index is 8.90. The smallest absolute Gasteiger partial charge is 0.291 e. The summed E-state index contributed by atoms with van der Waals surface area (Å²) in [4.78, 5) is 0. The molecule has 0 atom stereocenters. The average Bonchev–Trinajstić information content (AvgIpc) is 0.734. The van der Waals surface area contributed by atoms with Crippen molar-refractivity contribution in [3.63, 3.8) is 0 Å². The molecule has 494 valence electrons. The van der Waals surface area contributed by atoms with Crippen molar-refractivity contribution in [2.75, 3.05) is 0 Å². The monoisotopic (exact) mass is 1250 g/mol. The fourth-order valence-electron chi connectivity index (χ4n) is 13.3. The second-order valence-corrected chi connectivity index (χ2v) is 34.3. The van der Waals surface area contributed by atoms with Crippen molar-refractivity contribution in [3.05, 3.63) is 246 Å². The molecule has 0 radical (unpaired) electrons. The molecule has 0 N–H and O–H groups in total. The molecule has 0 aliphatic rings. The Morgan fingerprint density at radius 2 is 0.440 bits per heavy atom. The predicted octanol–water partition coefficient (Wildman–Crippen LogP) is 26.0. The molecule has 0 bridgehead atoms. The van der Waals surface area contributed by atoms with Crippen LogP contribution in [0.4, 0.5) is 0 Å². The molecule has 0 amide bonds. The van der Waals surface area contributed by atoms with Gasteiger partial charge in [0.2, 0.25) is 0 Å². The van der Waals surface area contributed by atoms with Crippen LogP contribution in [0.1, 0.15) is 303 Å². The zero-order chi connectivity index (χ0) is 68.4. The van der Waals surface area contributed by atoms with E-state index < -0.39 is 25.4 Å². The molecule has 0 unspecified atom stereocenters. The molecule has 6 aromatic carbocycles. The van der Waals surface area contributed by atoms with Crippen molar-refractivity contribution < 1.29 is 13.6 Å². The number of hydrogen-bond donors (Lipinski definition) is 0. The Morgan fingerprint density at radius 3 is 0.560 bits per heavy atom. The summed E-state index contributed by atoms with van der Waals surface area (Å²) in [5.74, 6) is 0. The van der Waals surface area contributed by atoms with Gasteiger partial charge in [-0.05, 0) is 229 Å². The lowest BCUT2D eigenvalue weighted by molar-refractivity contribution is 0.0117. The average molecular weight is 1250 g/mol. The quantitative estimate of drug-likeness (QED) is 0.0446. The van der Waals surface area contributed by atoms with E-state index in [9.17, 15) is 0 Å². The Labute approximate surface area is 558 Å². The fraction of sp³-hybridized carbons (Fsp3) is 0.517. The Balaban J connectivity index is 2.02. The molecule has 0 saturated carbocycles. The van der Waals surface area contributed by atoms with Crippen molar-refractivity contribution in [1.29, 1.82) is 0 Å². The Kier molecular flexibility index (Phi) is 23.4. The van der Waals surface area contributed by atoms with E-state index in [2.05, 4.69) is 296 Å². The normalized spacial score (nSPS) is 13.3. The van der Waals surface area contributed by atoms with Gasteiger partial charge in [-0.15, -0.1) is 0 Å². The number of hydrogen-bond acceptors (Lipinski definition) is 3. The van der Waals surface area contributed by atoms with Crippen LogP contribution in [0.3, 0.4) is 0 Å². The summed E-state index contributed by atoms with van der Waals surface area (Å²) in [6.45, 7) is 77.8. The molecule has 6 rings (SSSR count). The minimum Gasteiger partial charge on any atom is -0.291 e. The Bertz CT molecular complexity index is 2990. The van der Waals surface area contributed by atoms with Crippen LogP contribution in [0, 0.1) is 41.5 Å². The molecule has 0 saturated heterocycles. The first-order valence-electron chi connectivity index (χ1n) is 34.6. The largest absolute Gasteiger partial charge is 0.337 e. The fourth-order valence-corrected chi connectivity index (χ4v) is 15.1. The first-order chi connectivity index (χ1) is 42.0. The SMILES string of the molecule is C=C(CCCC)C(OP(OC(C(=C)CCCC)(c1ccc(C(C)(C)C)cc1C)c1ccc(C(C)(C)C)cc1C)OC(C(=C)CCCC)(c1ccc(C(C)(C)C)cc1C)c1ccc(C(C)(C)C)cc1C)(c1ccc(C(C)(C)C)cc1C)c1ccc(C(C)(C)C)cc1C. The van der Waals surface area contributed by atoms with E-state index in [1.807, 2.05) is 0 Å². The minimum atomic E-state index is -2.65. The standard InChI is InChI=1S/C87H123O3P/c1-31-34-37-64(10)85(73-46-40-67(52-58(73)4)79(13,14)15,74-47-41-68(53-59(74)5)80(16,17)18)88-91(89-86(65(11)38-35-32-2,75-48-42-69(54-60(75)6)81(19,20)21)76-49-43-70(55-61(76)7)82(22,23)24)90-87(66(12)39-36-33-3,77-50-44-71(56-62(77)8)83(25,26)27)78-51-45-72(57-63(78)9)84(28,29)30/h40-57H,10-12,31-39H2,1-9,13-30H3. The summed E-state index contributed by atoms with van der Waals surface area (Å²) >= 11 is 0. The second-order valence-electron chi connectivity index (χ2n) is 33.3. The van der Waals surface area contributed by atoms with Gasteiger partial charge in [-0.1, -0.05) is 294 Å². The van der Waals surface area contributed by atoms with Gasteiger partial charge in [0.15, 0.2) is 0 Å². The molecule has 3 nitrogen and oxygen atoms in total. The summed E-state index contributed by atoms with van der Waals surface area (Å²) in [7, 11) is -2.65. The zero-order valence-electron chi connectivity index (χ0n) is 62.5. The number of aryl methyl sites for hydroxylation is 6. The van der Waals surface area contributed by atoms with E-state index in [0.717, 1.165) is 122 Å². The van der Waals surface area contributed by atoms with Gasteiger partial charge in [0, 0.05) is 0 Å². The van der Waals surface area contributed by atoms with Gasteiger partial charge in [0.1, 0.15) is 16.8 Å². The highest BCUT2D eigenvalue weighted by Crippen LogP contribution is 2.65. The lowest BCUT2D eigenvalue weighted by Crippen LogP contribution is -2.41. The number of rotatable bonds is 24. The van der Waals surface area contributed by atoms with Crippen molar-refractivity contribution in [1.82, 2.24) is 0 Å². The lowest BCUT2D eigenvalue weighted by Gasteiger charge is -2.48. The van der Waals surface area contributed by atoms with Crippen LogP contribution in [0.25, 0.3) is 0 Å². The summed E-state index contributed by atoms with van der Waals surface area (Å²) in [6.07, 6.45) is 7.76. The van der Waals surface area contributed by atoms with Gasteiger partial charge in [-0.2, -0.15) is 0 Å². The highest BCUT2D eigenvalue weighted by atomic mass is 31.2. The topological polar surface area (TPSA) is 27.7 Å². The van der Waals surface area contributed by atoms with Gasteiger partial charge in [-0.25, -0.2) is 0 Å². The lowest BCUT2D eigenvalue weighted by atomic mass is 9.73. The third-order valence-corrected chi connectivity index (χ3v) is 20.7. The van der Waals surface area contributed by atoms with Crippen LogP contribution in [-0.4, -0.2) is 0 Å². The van der Waals surface area contributed by atoms with Gasteiger partial charge in [0.25, 0.3) is 0 Å². The van der Waals surface area contributed by atoms with Crippen molar-refractivity contribution >= 4 is 8.60 Å². The summed E-state index contributed by atoms with van der Waals surface area (Å²) in [5.41, 5.74) is 18.4. The third kappa shape index (κ3) is 16.2. The van der Waals surface area contributed by atoms with E-state index in [1.165, 1.54) is 33.4 Å². The van der Waals surface area contributed by atoms with Crippen LogP contribution in [0.15, 0.2) is 146 Å². The van der Waals surface area contributed by atoms with Crippen molar-refractivity contribution in [2.24, 2.45) is 0 Å². The number of benzene rings is 6. The van der Waals surface area contributed by atoms with Gasteiger partial charge >= 0.3 is 8.60 Å². The molecule has 0 aliphatic heterocycles. The summed E-state index contributed by atoms with van der Waals surface area (Å²) in [6, 6.07) is 42.3. The first kappa shape index (κ1) is 74.9. The van der Waals surface area contributed by atoms with Gasteiger partial charge in [0.05, 0.1) is 0 Å². The highest BCUT2D eigenvalue weighted by Gasteiger charge is 2.54. The van der Waals surface area contributed by atoms with Gasteiger partial charge < -0.3 is 0 Å². The van der Waals surface area contributed by atoms with Crippen LogP contribution < -0.4 is 0 Å². The summed E-state index contributed by atoms with van der Waals surface area (Å²) in [5, 5.41) is 0. The number of unbranched alkanes of at least 4 members (excludes halogenated alkanes) is 3. The molecule has 0 spiro atoms. The molecule has 4 heteroatoms. The second kappa shape index (κ2) is 28.4. The van der Waals surface area contributed by atoms with E-state index in [-0.39, 0.29) is 32.5 Å². The predicted molar refractivity (Wildman–Crippen MR) is 398 cm³/mol. The molecule has 0 heterocycles. The Morgan fingerprint density at radius 1 is 0.286 bits per heavy atom. The maximum Gasteiger partial charge on any atom is 0.337 e. The zero-order valence-corrected chi connectivity index (χ0v) is 63.4. The van der Waals surface area contributed by atoms with Crippen molar-refractivity contribution in [2.45, 2.75) is 294 Å². The van der Waals surface area contributed by atoms with E-state index in [0.29, 0.717) is 19.3 Å². The van der Waals surface area contributed by atoms with Crippen LogP contribution in [-0.2, 0) is 62.9 Å². The van der Waals surface area contributed by atoms with E-state index >= 15 is 0 Å². The van der Waals surface area contributed by atoms with Gasteiger partial charge in [-0.3, -0.25) is 13.6 Å². The molecular weight excluding hydrogens is 1120 g/mol. The maximum atomic E-state index is 8.90. The highest BCUT2D eigenvalue weighted by molar-refractivity contribution is 7.41. The minimum absolute atomic E-state index is 0.117. The third-order valence-electron chi connectivity index (χ3n) is 19.5. The van der Waals surface area contributed by atoms with Crippen molar-refractivity contribution in [3.8, 4) is 0 Å². The molecule has 6 aromatic rings. The molecule has 91 heavy (non-hydrogen) atoms. The van der Waals surface area contributed by atoms with Crippen LogP contribution in [0.5, 0.6) is 0 Å². The molecular formula is C87H123O3P.